The second kappa shape index (κ2) is 5.11. The highest BCUT2D eigenvalue weighted by atomic mass is 15.2. The molecule has 1 N–H and O–H groups in total. The zero-order chi connectivity index (χ0) is 12.5. The van der Waals surface area contributed by atoms with Crippen molar-refractivity contribution in [3.05, 3.63) is 12.2 Å². The molecule has 0 radical (unpaired) electrons. The third-order valence-corrected chi connectivity index (χ3v) is 3.55. The summed E-state index contributed by atoms with van der Waals surface area (Å²) in [5.41, 5.74) is 1.54. The van der Waals surface area contributed by atoms with E-state index in [1.54, 1.807) is 0 Å². The molecule has 0 aromatic rings. The molecule has 0 saturated heterocycles. The van der Waals surface area contributed by atoms with Crippen molar-refractivity contribution >= 4 is 0 Å². The molecule has 2 aliphatic carbocycles. The van der Waals surface area contributed by atoms with Gasteiger partial charge in [0.25, 0.3) is 0 Å². The fraction of sp³-hybridized carbons (Fsp3) is 0.867. The van der Waals surface area contributed by atoms with Gasteiger partial charge in [0.15, 0.2) is 0 Å². The molecule has 0 unspecified atom stereocenters. The van der Waals surface area contributed by atoms with Crippen LogP contribution in [0.25, 0.3) is 0 Å². The van der Waals surface area contributed by atoms with Gasteiger partial charge in [0.05, 0.1) is 0 Å². The lowest BCUT2D eigenvalue weighted by Crippen LogP contribution is -2.39. The first-order valence-corrected chi connectivity index (χ1v) is 7.10. The van der Waals surface area contributed by atoms with Crippen LogP contribution in [0.2, 0.25) is 0 Å². The lowest BCUT2D eigenvalue weighted by atomic mass is 10.1. The van der Waals surface area contributed by atoms with Crippen LogP contribution < -0.4 is 5.32 Å². The van der Waals surface area contributed by atoms with Crippen LogP contribution in [0.5, 0.6) is 0 Å². The van der Waals surface area contributed by atoms with Crippen molar-refractivity contribution in [3.63, 3.8) is 0 Å². The molecule has 0 aromatic carbocycles. The first-order chi connectivity index (χ1) is 7.94. The molecule has 2 rings (SSSR count). The Hall–Kier alpha value is -0.340. The van der Waals surface area contributed by atoms with Crippen molar-refractivity contribution in [1.29, 1.82) is 0 Å². The number of nitrogens with one attached hydrogen (secondary N) is 1. The van der Waals surface area contributed by atoms with E-state index < -0.39 is 0 Å². The van der Waals surface area contributed by atoms with Crippen LogP contribution in [0.4, 0.5) is 0 Å². The van der Waals surface area contributed by atoms with Crippen LogP contribution in [0.1, 0.15) is 46.5 Å². The Bertz CT molecular complexity index is 269. The second-order valence-corrected chi connectivity index (χ2v) is 6.96. The van der Waals surface area contributed by atoms with Crippen LogP contribution in [0, 0.1) is 5.92 Å². The van der Waals surface area contributed by atoms with Gasteiger partial charge in [0.1, 0.15) is 0 Å². The molecule has 2 saturated carbocycles. The minimum absolute atomic E-state index is 0.198. The fourth-order valence-electron chi connectivity index (χ4n) is 2.15. The van der Waals surface area contributed by atoms with Gasteiger partial charge >= 0.3 is 0 Å². The first-order valence-electron chi connectivity index (χ1n) is 7.10. The van der Waals surface area contributed by atoms with Crippen molar-refractivity contribution in [2.45, 2.75) is 58.0 Å². The molecule has 0 heterocycles. The largest absolute Gasteiger partial charge is 0.308 e. The van der Waals surface area contributed by atoms with E-state index in [4.69, 9.17) is 0 Å². The molecule has 2 fully saturated rings. The normalized spacial score (nSPS) is 20.9. The summed E-state index contributed by atoms with van der Waals surface area (Å²) in [6.07, 6.45) is 5.73. The monoisotopic (exact) mass is 236 g/mol. The standard InChI is InChI=1S/C15H28N2/c1-12(9-16-15(2,3)4)10-17(14-7-8-14)11-13-5-6-13/h13-14,16H,1,5-11H2,2-4H3. The molecule has 17 heavy (non-hydrogen) atoms. The van der Waals surface area contributed by atoms with Gasteiger partial charge in [-0.05, 0) is 57.9 Å². The molecular formula is C15H28N2. The third-order valence-electron chi connectivity index (χ3n) is 3.55. The van der Waals surface area contributed by atoms with E-state index in [9.17, 15) is 0 Å². The predicted octanol–water partition coefficient (Wildman–Crippen LogP) is 2.81. The smallest absolute Gasteiger partial charge is 0.0205 e. The molecule has 2 aliphatic rings. The summed E-state index contributed by atoms with van der Waals surface area (Å²) in [4.78, 5) is 2.67. The summed E-state index contributed by atoms with van der Waals surface area (Å²) in [7, 11) is 0. The van der Waals surface area contributed by atoms with Crippen molar-refractivity contribution in [1.82, 2.24) is 10.2 Å². The van der Waals surface area contributed by atoms with Gasteiger partial charge < -0.3 is 5.32 Å². The molecule has 0 spiro atoms. The highest BCUT2D eigenvalue weighted by molar-refractivity contribution is 5.04. The Morgan fingerprint density at radius 3 is 2.35 bits per heavy atom. The SMILES string of the molecule is C=C(CNC(C)(C)C)CN(CC1CC1)C1CC1. The molecule has 0 atom stereocenters. The lowest BCUT2D eigenvalue weighted by Gasteiger charge is -2.26. The Labute approximate surface area is 106 Å². The van der Waals surface area contributed by atoms with E-state index in [1.165, 1.54) is 37.8 Å². The highest BCUT2D eigenvalue weighted by Crippen LogP contribution is 2.34. The molecule has 2 nitrogen and oxygen atoms in total. The van der Waals surface area contributed by atoms with Crippen LogP contribution in [-0.2, 0) is 0 Å². The summed E-state index contributed by atoms with van der Waals surface area (Å²) in [6, 6.07) is 0.877. The predicted molar refractivity (Wildman–Crippen MR) is 74.2 cm³/mol. The van der Waals surface area contributed by atoms with Gasteiger partial charge in [-0.15, -0.1) is 0 Å². The van der Waals surface area contributed by atoms with Gasteiger partial charge in [-0.3, -0.25) is 4.90 Å². The minimum atomic E-state index is 0.198. The number of hydrogen-bond donors (Lipinski definition) is 1. The van der Waals surface area contributed by atoms with Crippen molar-refractivity contribution < 1.29 is 0 Å². The summed E-state index contributed by atoms with van der Waals surface area (Å²) in [6.45, 7) is 14.2. The van der Waals surface area contributed by atoms with Gasteiger partial charge in [-0.1, -0.05) is 6.58 Å². The van der Waals surface area contributed by atoms with Gasteiger partial charge in [-0.25, -0.2) is 0 Å². The van der Waals surface area contributed by atoms with E-state index in [1.807, 2.05) is 0 Å². The summed E-state index contributed by atoms with van der Waals surface area (Å²) < 4.78 is 0. The maximum absolute atomic E-state index is 4.23. The topological polar surface area (TPSA) is 15.3 Å². The molecule has 0 aliphatic heterocycles. The average Bonchev–Trinajstić information content (AvgIpc) is 3.04. The summed E-state index contributed by atoms with van der Waals surface area (Å²) >= 11 is 0. The third kappa shape index (κ3) is 5.22. The minimum Gasteiger partial charge on any atom is -0.308 e. The maximum Gasteiger partial charge on any atom is 0.0205 e. The average molecular weight is 236 g/mol. The second-order valence-electron chi connectivity index (χ2n) is 6.96. The number of nitrogens with zero attached hydrogens (tertiary/aromatic N) is 1. The Morgan fingerprint density at radius 1 is 1.24 bits per heavy atom. The Morgan fingerprint density at radius 2 is 1.88 bits per heavy atom. The molecule has 0 bridgehead atoms. The zero-order valence-corrected chi connectivity index (χ0v) is 11.8. The van der Waals surface area contributed by atoms with Crippen LogP contribution in [-0.4, -0.2) is 36.1 Å². The molecule has 98 valence electrons. The van der Waals surface area contributed by atoms with Crippen LogP contribution in [0.3, 0.4) is 0 Å². The van der Waals surface area contributed by atoms with E-state index in [0.717, 1.165) is 25.0 Å². The number of rotatable bonds is 7. The van der Waals surface area contributed by atoms with Gasteiger partial charge in [0.2, 0.25) is 0 Å². The van der Waals surface area contributed by atoms with Crippen LogP contribution >= 0.6 is 0 Å². The van der Waals surface area contributed by atoms with Gasteiger partial charge in [-0.2, -0.15) is 0 Å². The van der Waals surface area contributed by atoms with Crippen molar-refractivity contribution in [2.24, 2.45) is 5.92 Å². The Balaban J connectivity index is 1.70. The number of hydrogen-bond acceptors (Lipinski definition) is 2. The Kier molecular flexibility index (Phi) is 3.94. The van der Waals surface area contributed by atoms with E-state index in [-0.39, 0.29) is 5.54 Å². The van der Waals surface area contributed by atoms with Crippen molar-refractivity contribution in [3.8, 4) is 0 Å². The lowest BCUT2D eigenvalue weighted by molar-refractivity contribution is 0.270. The first kappa shape index (κ1) is 13.1. The van der Waals surface area contributed by atoms with Crippen LogP contribution in [0.15, 0.2) is 12.2 Å². The van der Waals surface area contributed by atoms with E-state index in [0.29, 0.717) is 0 Å². The molecule has 0 amide bonds. The summed E-state index contributed by atoms with van der Waals surface area (Å²) in [5.74, 6) is 0.999. The molecule has 2 heteroatoms. The maximum atomic E-state index is 4.23. The zero-order valence-electron chi connectivity index (χ0n) is 11.8. The summed E-state index contributed by atoms with van der Waals surface area (Å²) in [5, 5.41) is 3.53. The van der Waals surface area contributed by atoms with Crippen molar-refractivity contribution in [2.75, 3.05) is 19.6 Å². The molecule has 0 aromatic heterocycles. The quantitative estimate of drug-likeness (QED) is 0.684. The highest BCUT2D eigenvalue weighted by Gasteiger charge is 2.33. The molecular weight excluding hydrogens is 208 g/mol. The van der Waals surface area contributed by atoms with E-state index in [2.05, 4.69) is 37.6 Å². The van der Waals surface area contributed by atoms with E-state index >= 15 is 0 Å². The fourth-order valence-corrected chi connectivity index (χ4v) is 2.15. The van der Waals surface area contributed by atoms with Gasteiger partial charge in [0, 0.05) is 31.2 Å².